The Morgan fingerprint density at radius 2 is 1.96 bits per heavy atom. The third-order valence-electron chi connectivity index (χ3n) is 3.56. The average Bonchev–Trinajstić information content (AvgIpc) is 2.51. The highest BCUT2D eigenvalue weighted by Gasteiger charge is 2.63. The van der Waals surface area contributed by atoms with Crippen LogP contribution >= 0.6 is 0 Å². The minimum absolute atomic E-state index is 0.742. The van der Waals surface area contributed by atoms with Gasteiger partial charge in [0.25, 0.3) is 0 Å². The average molecular weight is 370 g/mol. The number of guanidine groups is 1. The number of amides is 1. The number of carbonyl (C=O) groups is 2. The number of carboxylic acids is 1. The van der Waals surface area contributed by atoms with Gasteiger partial charge in [-0.3, -0.25) is 4.79 Å². The summed E-state index contributed by atoms with van der Waals surface area (Å²) < 4.78 is 33.6. The monoisotopic (exact) mass is 370 g/mol. The van der Waals surface area contributed by atoms with E-state index in [9.17, 15) is 28.6 Å². The lowest BCUT2D eigenvalue weighted by Gasteiger charge is -2.45. The zero-order valence-electron chi connectivity index (χ0n) is 13.0. The van der Waals surface area contributed by atoms with Crippen LogP contribution in [-0.2, 0) is 14.3 Å². The Balaban J connectivity index is 3.44. The molecule has 1 heterocycles. The molecule has 25 heavy (non-hydrogen) atoms. The molecule has 0 aromatic carbocycles. The summed E-state index contributed by atoms with van der Waals surface area (Å²) in [6.45, 7) is -0.00752. The molecule has 1 amide bonds. The molecule has 1 fully saturated rings. The molecule has 0 unspecified atom stereocenters. The molecule has 9 N–H and O–H groups in total. The first-order valence-electron chi connectivity index (χ1n) is 7.02. The van der Waals surface area contributed by atoms with Crippen LogP contribution in [0.2, 0.25) is 0 Å². The van der Waals surface area contributed by atoms with Crippen LogP contribution in [0.3, 0.4) is 0 Å². The topological polar surface area (TPSA) is 201 Å². The first-order valence-corrected chi connectivity index (χ1v) is 7.02. The summed E-state index contributed by atoms with van der Waals surface area (Å²) in [6, 6.07) is -3.64. The van der Waals surface area contributed by atoms with Gasteiger partial charge in [-0.1, -0.05) is 0 Å². The molecule has 7 atom stereocenters. The zero-order chi connectivity index (χ0) is 19.5. The van der Waals surface area contributed by atoms with Crippen molar-refractivity contribution >= 4 is 17.8 Å². The van der Waals surface area contributed by atoms with Crippen molar-refractivity contribution in [2.24, 2.45) is 16.5 Å². The van der Waals surface area contributed by atoms with E-state index in [0.29, 0.717) is 0 Å². The summed E-state index contributed by atoms with van der Waals surface area (Å²) in [4.78, 5) is 25.9. The van der Waals surface area contributed by atoms with Crippen molar-refractivity contribution in [2.45, 2.75) is 49.3 Å². The number of carbonyl (C=O) groups excluding carboxylic acids is 1. The first kappa shape index (κ1) is 21.0. The number of aliphatic hydroxyl groups excluding tert-OH is 3. The SMILES string of the molecule is CC(=O)N[C@@H]1[C@@H](N=C(N)N)[C@@H](F)[C@](F)(C(=O)O)O[C@H]1[C@H](O)[C@H](O)CO. The van der Waals surface area contributed by atoms with Crippen LogP contribution < -0.4 is 16.8 Å². The molecule has 144 valence electrons. The predicted octanol–water partition coefficient (Wildman–Crippen LogP) is -3.67. The number of nitrogens with zero attached hydrogens (tertiary/aromatic N) is 1. The van der Waals surface area contributed by atoms with Gasteiger partial charge in [-0.25, -0.2) is 14.2 Å². The minimum atomic E-state index is -3.97. The Labute approximate surface area is 140 Å². The minimum Gasteiger partial charge on any atom is -0.477 e. The van der Waals surface area contributed by atoms with E-state index in [0.717, 1.165) is 6.92 Å². The van der Waals surface area contributed by atoms with Crippen molar-refractivity contribution in [1.29, 1.82) is 0 Å². The van der Waals surface area contributed by atoms with Crippen molar-refractivity contribution in [1.82, 2.24) is 5.32 Å². The maximum Gasteiger partial charge on any atom is 0.372 e. The molecule has 0 aromatic rings. The molecule has 0 bridgehead atoms. The normalized spacial score (nSPS) is 34.6. The maximum atomic E-state index is 14.6. The number of rotatable bonds is 6. The van der Waals surface area contributed by atoms with Crippen LogP contribution in [0.15, 0.2) is 4.99 Å². The van der Waals surface area contributed by atoms with Gasteiger partial charge in [0, 0.05) is 6.92 Å². The smallest absolute Gasteiger partial charge is 0.372 e. The molecule has 13 heteroatoms. The van der Waals surface area contributed by atoms with E-state index in [1.165, 1.54) is 0 Å². The highest BCUT2D eigenvalue weighted by Crippen LogP contribution is 2.37. The predicted molar refractivity (Wildman–Crippen MR) is 77.5 cm³/mol. The number of alkyl halides is 2. The van der Waals surface area contributed by atoms with E-state index >= 15 is 0 Å². The third-order valence-corrected chi connectivity index (χ3v) is 3.56. The first-order chi connectivity index (χ1) is 11.5. The Bertz CT molecular complexity index is 548. The van der Waals surface area contributed by atoms with E-state index in [4.69, 9.17) is 21.7 Å². The molecule has 0 aromatic heterocycles. The van der Waals surface area contributed by atoms with Gasteiger partial charge in [-0.2, -0.15) is 4.39 Å². The molecule has 1 aliphatic heterocycles. The second kappa shape index (κ2) is 7.86. The quantitative estimate of drug-likeness (QED) is 0.182. The second-order valence-corrected chi connectivity index (χ2v) is 5.45. The lowest BCUT2D eigenvalue weighted by molar-refractivity contribution is -0.276. The van der Waals surface area contributed by atoms with Gasteiger partial charge >= 0.3 is 11.8 Å². The molecule has 1 aliphatic rings. The van der Waals surface area contributed by atoms with Crippen molar-refractivity contribution in [3.05, 3.63) is 0 Å². The van der Waals surface area contributed by atoms with Gasteiger partial charge in [0.1, 0.15) is 24.4 Å². The summed E-state index contributed by atoms with van der Waals surface area (Å²) in [6.07, 6.45) is -8.96. The standard InChI is InChI=1S/C12H20F2N4O7/c1-3(20)17-5-6(18-11(15)16)9(13)12(14,10(23)24)25-8(5)7(22)4(21)2-19/h4-9,19,21-22H,2H2,1H3,(H,17,20)(H,23,24)(H4,15,16,18)/t4-,5-,6-,7-,8-,9-,12-/m1/s1. The summed E-state index contributed by atoms with van der Waals surface area (Å²) in [5.41, 5.74) is 10.3. The molecule has 0 saturated carbocycles. The Hall–Kier alpha value is -2.09. The van der Waals surface area contributed by atoms with Crippen molar-refractivity contribution in [3.8, 4) is 0 Å². The van der Waals surface area contributed by atoms with Crippen LogP contribution in [0.1, 0.15) is 6.92 Å². The number of nitrogens with one attached hydrogen (secondary N) is 1. The number of hydrogen-bond donors (Lipinski definition) is 7. The van der Waals surface area contributed by atoms with E-state index in [-0.39, 0.29) is 0 Å². The Morgan fingerprint density at radius 3 is 2.36 bits per heavy atom. The Morgan fingerprint density at radius 1 is 1.40 bits per heavy atom. The molecular formula is C12H20F2N4O7. The van der Waals surface area contributed by atoms with E-state index in [2.05, 4.69) is 15.0 Å². The van der Waals surface area contributed by atoms with Gasteiger partial charge in [-0.05, 0) is 0 Å². The number of nitrogens with two attached hydrogens (primary N) is 2. The van der Waals surface area contributed by atoms with Crippen molar-refractivity contribution < 1.29 is 43.5 Å². The highest BCUT2D eigenvalue weighted by atomic mass is 19.2. The molecule has 0 aliphatic carbocycles. The van der Waals surface area contributed by atoms with Crippen LogP contribution in [0.25, 0.3) is 0 Å². The van der Waals surface area contributed by atoms with Crippen LogP contribution in [0.4, 0.5) is 8.78 Å². The number of ether oxygens (including phenoxy) is 1. The fraction of sp³-hybridized carbons (Fsp3) is 0.750. The van der Waals surface area contributed by atoms with Crippen molar-refractivity contribution in [3.63, 3.8) is 0 Å². The van der Waals surface area contributed by atoms with Crippen LogP contribution in [0, 0.1) is 0 Å². The maximum absolute atomic E-state index is 14.6. The van der Waals surface area contributed by atoms with Crippen LogP contribution in [-0.4, -0.2) is 87.3 Å². The number of aliphatic hydroxyl groups is 3. The molecular weight excluding hydrogens is 350 g/mol. The summed E-state index contributed by atoms with van der Waals surface area (Å²) in [5, 5.41) is 39.5. The summed E-state index contributed by atoms with van der Waals surface area (Å²) in [5.74, 6) is -7.87. The van der Waals surface area contributed by atoms with Crippen molar-refractivity contribution in [2.75, 3.05) is 6.61 Å². The number of aliphatic imine (C=N–C) groups is 1. The zero-order valence-corrected chi connectivity index (χ0v) is 13.0. The van der Waals surface area contributed by atoms with Gasteiger partial charge in [0.2, 0.25) is 5.91 Å². The molecule has 0 radical (unpaired) electrons. The lowest BCUT2D eigenvalue weighted by atomic mass is 9.86. The molecule has 0 spiro atoms. The fourth-order valence-electron chi connectivity index (χ4n) is 2.43. The largest absolute Gasteiger partial charge is 0.477 e. The number of carboxylic acid groups (broad SMARTS) is 1. The fourth-order valence-corrected chi connectivity index (χ4v) is 2.43. The van der Waals surface area contributed by atoms with E-state index in [1.54, 1.807) is 0 Å². The van der Waals surface area contributed by atoms with Gasteiger partial charge in [0.15, 0.2) is 12.1 Å². The van der Waals surface area contributed by atoms with Gasteiger partial charge < -0.3 is 41.9 Å². The Kier molecular flexibility index (Phi) is 6.59. The molecule has 1 saturated heterocycles. The lowest BCUT2D eigenvalue weighted by Crippen LogP contribution is -2.71. The second-order valence-electron chi connectivity index (χ2n) is 5.45. The highest BCUT2D eigenvalue weighted by molar-refractivity contribution is 5.79. The van der Waals surface area contributed by atoms with Gasteiger partial charge in [0.05, 0.1) is 12.6 Å². The van der Waals surface area contributed by atoms with E-state index < -0.39 is 66.9 Å². The number of hydrogen-bond acceptors (Lipinski definition) is 7. The van der Waals surface area contributed by atoms with Crippen LogP contribution in [0.5, 0.6) is 0 Å². The molecule has 11 nitrogen and oxygen atoms in total. The van der Waals surface area contributed by atoms with E-state index in [1.807, 2.05) is 0 Å². The number of halogens is 2. The summed E-state index contributed by atoms with van der Waals surface area (Å²) in [7, 11) is 0. The summed E-state index contributed by atoms with van der Waals surface area (Å²) >= 11 is 0. The number of aliphatic carboxylic acids is 1. The molecule has 1 rings (SSSR count). The van der Waals surface area contributed by atoms with Gasteiger partial charge in [-0.15, -0.1) is 0 Å². The third kappa shape index (κ3) is 4.31.